The smallest absolute Gasteiger partial charge is 0.255 e. The van der Waals surface area contributed by atoms with Crippen LogP contribution >= 0.6 is 23.2 Å². The van der Waals surface area contributed by atoms with Gasteiger partial charge < -0.3 is 14.8 Å². The second kappa shape index (κ2) is 7.88. The average molecular weight is 366 g/mol. The first-order valence-corrected chi connectivity index (χ1v) is 8.48. The molecule has 0 radical (unpaired) electrons. The van der Waals surface area contributed by atoms with E-state index < -0.39 is 0 Å². The lowest BCUT2D eigenvalue weighted by atomic mass is 10.2. The first-order valence-electron chi connectivity index (χ1n) is 7.72. The van der Waals surface area contributed by atoms with Gasteiger partial charge in [-0.25, -0.2) is 0 Å². The Labute approximate surface area is 150 Å². The van der Waals surface area contributed by atoms with Crippen molar-refractivity contribution in [2.45, 2.75) is 18.9 Å². The number of hydrogen-bond donors (Lipinski definition) is 1. The van der Waals surface area contributed by atoms with Gasteiger partial charge in [0.05, 0.1) is 6.10 Å². The van der Waals surface area contributed by atoms with Crippen LogP contribution in [0.4, 0.5) is 5.69 Å². The predicted molar refractivity (Wildman–Crippen MR) is 95.3 cm³/mol. The highest BCUT2D eigenvalue weighted by atomic mass is 35.5. The summed E-state index contributed by atoms with van der Waals surface area (Å²) in [5, 5.41) is 3.65. The number of halogens is 2. The lowest BCUT2D eigenvalue weighted by Crippen LogP contribution is -2.16. The Balaban J connectivity index is 1.64. The summed E-state index contributed by atoms with van der Waals surface area (Å²) >= 11 is 11.9. The lowest BCUT2D eigenvalue weighted by molar-refractivity contribution is 0.0680. The topological polar surface area (TPSA) is 47.6 Å². The van der Waals surface area contributed by atoms with Gasteiger partial charge in [0.15, 0.2) is 0 Å². The number of anilines is 1. The largest absolute Gasteiger partial charge is 0.491 e. The molecular formula is C18H17Cl2NO3. The van der Waals surface area contributed by atoms with E-state index in [2.05, 4.69) is 5.32 Å². The highest BCUT2D eigenvalue weighted by Crippen LogP contribution is 2.22. The van der Waals surface area contributed by atoms with Crippen LogP contribution in [0, 0.1) is 0 Å². The number of carbonyl (C=O) groups is 1. The number of ether oxygens (including phenoxy) is 2. The van der Waals surface area contributed by atoms with Crippen LogP contribution in [0.25, 0.3) is 0 Å². The molecule has 2 aromatic rings. The monoisotopic (exact) mass is 365 g/mol. The molecule has 0 saturated carbocycles. The minimum Gasteiger partial charge on any atom is -0.491 e. The summed E-state index contributed by atoms with van der Waals surface area (Å²) in [7, 11) is 0. The second-order valence-electron chi connectivity index (χ2n) is 5.59. The first-order chi connectivity index (χ1) is 11.6. The zero-order chi connectivity index (χ0) is 16.9. The fraction of sp³-hybridized carbons (Fsp3) is 0.278. The van der Waals surface area contributed by atoms with Crippen LogP contribution in [0.2, 0.25) is 10.0 Å². The van der Waals surface area contributed by atoms with Gasteiger partial charge in [-0.2, -0.15) is 0 Å². The Hall–Kier alpha value is -1.75. The van der Waals surface area contributed by atoms with E-state index in [1.165, 1.54) is 0 Å². The summed E-state index contributed by atoms with van der Waals surface area (Å²) in [6.07, 6.45) is 2.25. The van der Waals surface area contributed by atoms with Crippen LogP contribution < -0.4 is 10.1 Å². The van der Waals surface area contributed by atoms with Crippen molar-refractivity contribution in [3.8, 4) is 5.75 Å². The fourth-order valence-electron chi connectivity index (χ4n) is 2.52. The molecule has 0 aliphatic carbocycles. The molecule has 1 N–H and O–H groups in total. The van der Waals surface area contributed by atoms with Crippen molar-refractivity contribution in [3.05, 3.63) is 58.1 Å². The minimum absolute atomic E-state index is 0.150. The molecule has 1 aliphatic rings. The summed E-state index contributed by atoms with van der Waals surface area (Å²) in [6, 6.07) is 12.0. The number of nitrogens with one attached hydrogen (secondary N) is 1. The van der Waals surface area contributed by atoms with Crippen molar-refractivity contribution in [2.75, 3.05) is 18.5 Å². The van der Waals surface area contributed by atoms with Crippen LogP contribution in [0.1, 0.15) is 23.2 Å². The summed E-state index contributed by atoms with van der Waals surface area (Å²) in [5.41, 5.74) is 1.04. The van der Waals surface area contributed by atoms with E-state index in [0.717, 1.165) is 19.4 Å². The van der Waals surface area contributed by atoms with Crippen LogP contribution in [0.5, 0.6) is 5.75 Å². The molecule has 1 atom stereocenters. The number of hydrogen-bond acceptors (Lipinski definition) is 3. The van der Waals surface area contributed by atoms with Crippen molar-refractivity contribution in [3.63, 3.8) is 0 Å². The van der Waals surface area contributed by atoms with Crippen molar-refractivity contribution >= 4 is 34.8 Å². The molecule has 1 aliphatic heterocycles. The maximum Gasteiger partial charge on any atom is 0.255 e. The molecule has 0 aromatic heterocycles. The molecule has 3 rings (SSSR count). The van der Waals surface area contributed by atoms with Crippen molar-refractivity contribution < 1.29 is 14.3 Å². The van der Waals surface area contributed by atoms with Crippen LogP contribution in [-0.4, -0.2) is 25.2 Å². The van der Waals surface area contributed by atoms with Crippen molar-refractivity contribution in [1.82, 2.24) is 0 Å². The van der Waals surface area contributed by atoms with Gasteiger partial charge in [0, 0.05) is 34.0 Å². The van der Waals surface area contributed by atoms with Gasteiger partial charge in [0.2, 0.25) is 0 Å². The Morgan fingerprint density at radius 2 is 2.00 bits per heavy atom. The number of rotatable bonds is 5. The van der Waals surface area contributed by atoms with Gasteiger partial charge in [0.1, 0.15) is 12.4 Å². The van der Waals surface area contributed by atoms with Gasteiger partial charge in [-0.3, -0.25) is 4.79 Å². The van der Waals surface area contributed by atoms with E-state index in [1.807, 2.05) is 12.1 Å². The summed E-state index contributed by atoms with van der Waals surface area (Å²) < 4.78 is 11.3. The van der Waals surface area contributed by atoms with Gasteiger partial charge in [-0.1, -0.05) is 29.3 Å². The molecule has 1 amide bonds. The highest BCUT2D eigenvalue weighted by Gasteiger charge is 2.16. The standard InChI is InChI=1S/C18H17Cl2NO3/c19-13-7-12(8-14(20)9-13)18(22)21-15-3-1-4-16(10-15)24-11-17-5-2-6-23-17/h1,3-4,7-10,17H,2,5-6,11H2,(H,21,22). The maximum atomic E-state index is 12.3. The third-order valence-electron chi connectivity index (χ3n) is 3.68. The van der Waals surface area contributed by atoms with E-state index in [4.69, 9.17) is 32.7 Å². The highest BCUT2D eigenvalue weighted by molar-refractivity contribution is 6.35. The molecule has 1 fully saturated rings. The summed E-state index contributed by atoms with van der Waals surface area (Å²) in [5.74, 6) is 0.406. The second-order valence-corrected chi connectivity index (χ2v) is 6.46. The van der Waals surface area contributed by atoms with E-state index in [9.17, 15) is 4.79 Å². The number of amides is 1. The summed E-state index contributed by atoms with van der Waals surface area (Å²) in [6.45, 7) is 1.31. The Morgan fingerprint density at radius 3 is 2.71 bits per heavy atom. The zero-order valence-electron chi connectivity index (χ0n) is 12.9. The van der Waals surface area contributed by atoms with Gasteiger partial charge in [-0.15, -0.1) is 0 Å². The third kappa shape index (κ3) is 4.63. The van der Waals surface area contributed by atoms with E-state index in [1.54, 1.807) is 30.3 Å². The Kier molecular flexibility index (Phi) is 5.61. The van der Waals surface area contributed by atoms with Gasteiger partial charge >= 0.3 is 0 Å². The van der Waals surface area contributed by atoms with E-state index >= 15 is 0 Å². The molecule has 0 bridgehead atoms. The summed E-state index contributed by atoms with van der Waals surface area (Å²) in [4.78, 5) is 12.3. The number of carbonyl (C=O) groups excluding carboxylic acids is 1. The molecule has 1 heterocycles. The maximum absolute atomic E-state index is 12.3. The molecule has 4 nitrogen and oxygen atoms in total. The first kappa shape index (κ1) is 17.1. The van der Waals surface area contributed by atoms with Crippen molar-refractivity contribution in [2.24, 2.45) is 0 Å². The van der Waals surface area contributed by atoms with Gasteiger partial charge in [0.25, 0.3) is 5.91 Å². The normalized spacial score (nSPS) is 16.8. The molecule has 6 heteroatoms. The third-order valence-corrected chi connectivity index (χ3v) is 4.11. The molecule has 24 heavy (non-hydrogen) atoms. The quantitative estimate of drug-likeness (QED) is 0.827. The molecule has 1 unspecified atom stereocenters. The fourth-order valence-corrected chi connectivity index (χ4v) is 3.04. The molecule has 126 valence electrons. The zero-order valence-corrected chi connectivity index (χ0v) is 14.4. The molecular weight excluding hydrogens is 349 g/mol. The van der Waals surface area contributed by atoms with Crippen molar-refractivity contribution in [1.29, 1.82) is 0 Å². The Morgan fingerprint density at radius 1 is 1.21 bits per heavy atom. The minimum atomic E-state index is -0.282. The molecule has 2 aromatic carbocycles. The molecule has 1 saturated heterocycles. The predicted octanol–water partition coefficient (Wildman–Crippen LogP) is 4.80. The van der Waals surface area contributed by atoms with E-state index in [-0.39, 0.29) is 12.0 Å². The average Bonchev–Trinajstić information content (AvgIpc) is 3.06. The van der Waals surface area contributed by atoms with Crippen LogP contribution in [-0.2, 0) is 4.74 Å². The van der Waals surface area contributed by atoms with Crippen LogP contribution in [0.15, 0.2) is 42.5 Å². The SMILES string of the molecule is O=C(Nc1cccc(OCC2CCCO2)c1)c1cc(Cl)cc(Cl)c1. The van der Waals surface area contributed by atoms with E-state index in [0.29, 0.717) is 33.7 Å². The number of benzene rings is 2. The lowest BCUT2D eigenvalue weighted by Gasteiger charge is -2.12. The molecule has 0 spiro atoms. The van der Waals surface area contributed by atoms with Crippen LogP contribution in [0.3, 0.4) is 0 Å². The van der Waals surface area contributed by atoms with Gasteiger partial charge in [-0.05, 0) is 43.2 Å². The Bertz CT molecular complexity index is 710.